The molecule has 0 aliphatic rings. The molecule has 20 heavy (non-hydrogen) atoms. The molecule has 0 radical (unpaired) electrons. The van der Waals surface area contributed by atoms with Gasteiger partial charge in [-0.2, -0.15) is 0 Å². The van der Waals surface area contributed by atoms with E-state index in [1.165, 1.54) is 0 Å². The van der Waals surface area contributed by atoms with E-state index in [1.807, 2.05) is 44.2 Å². The number of hydrogen-bond acceptors (Lipinski definition) is 2. The van der Waals surface area contributed by atoms with Crippen molar-refractivity contribution in [2.24, 2.45) is 5.73 Å². The minimum absolute atomic E-state index is 0.349. The number of benzene rings is 2. The maximum absolute atomic E-state index is 6.14. The maximum Gasteiger partial charge on any atom is 0.125 e. The Labute approximate surface area is 129 Å². The molecule has 0 amide bonds. The van der Waals surface area contributed by atoms with Gasteiger partial charge in [-0.3, -0.25) is 0 Å². The monoisotopic (exact) mass is 309 g/mol. The Morgan fingerprint density at radius 1 is 1.05 bits per heavy atom. The summed E-state index contributed by atoms with van der Waals surface area (Å²) in [5, 5.41) is 1.23. The summed E-state index contributed by atoms with van der Waals surface area (Å²) in [5.41, 5.74) is 9.70. The number of halogens is 2. The van der Waals surface area contributed by atoms with Gasteiger partial charge in [-0.05, 0) is 42.7 Å². The van der Waals surface area contributed by atoms with Crippen molar-refractivity contribution in [3.05, 3.63) is 62.6 Å². The van der Waals surface area contributed by atoms with E-state index in [0.29, 0.717) is 23.2 Å². The first kappa shape index (κ1) is 15.2. The van der Waals surface area contributed by atoms with Crippen LogP contribution < -0.4 is 10.5 Å². The van der Waals surface area contributed by atoms with Crippen molar-refractivity contribution in [1.29, 1.82) is 0 Å². The molecule has 0 heterocycles. The van der Waals surface area contributed by atoms with Gasteiger partial charge in [0.05, 0.1) is 0 Å². The van der Waals surface area contributed by atoms with Crippen LogP contribution in [0.3, 0.4) is 0 Å². The third kappa shape index (κ3) is 3.26. The molecular formula is C16H17Cl2NO. The van der Waals surface area contributed by atoms with Gasteiger partial charge in [0.2, 0.25) is 0 Å². The van der Waals surface area contributed by atoms with Crippen LogP contribution in [0.2, 0.25) is 10.0 Å². The van der Waals surface area contributed by atoms with Crippen molar-refractivity contribution < 1.29 is 4.74 Å². The average Bonchev–Trinajstić information content (AvgIpc) is 2.40. The Hall–Kier alpha value is -1.22. The van der Waals surface area contributed by atoms with E-state index >= 15 is 0 Å². The quantitative estimate of drug-likeness (QED) is 0.892. The van der Waals surface area contributed by atoms with E-state index < -0.39 is 0 Å². The molecule has 0 atom stereocenters. The van der Waals surface area contributed by atoms with Crippen LogP contribution in [0.4, 0.5) is 0 Å². The fourth-order valence-electron chi connectivity index (χ4n) is 2.20. The Balaban J connectivity index is 2.23. The molecule has 4 heteroatoms. The molecule has 0 fully saturated rings. The zero-order valence-corrected chi connectivity index (χ0v) is 13.1. The number of rotatable bonds is 4. The Morgan fingerprint density at radius 3 is 2.10 bits per heavy atom. The van der Waals surface area contributed by atoms with E-state index in [2.05, 4.69) is 0 Å². The van der Waals surface area contributed by atoms with E-state index in [0.717, 1.165) is 28.0 Å². The van der Waals surface area contributed by atoms with E-state index in [-0.39, 0.29) is 0 Å². The molecular weight excluding hydrogens is 293 g/mol. The summed E-state index contributed by atoms with van der Waals surface area (Å²) in [5.74, 6) is 0.859. The molecule has 0 aliphatic heterocycles. The summed E-state index contributed by atoms with van der Waals surface area (Å²) < 4.78 is 5.91. The van der Waals surface area contributed by atoms with Gasteiger partial charge in [-0.25, -0.2) is 0 Å². The average molecular weight is 310 g/mol. The summed E-state index contributed by atoms with van der Waals surface area (Å²) in [6, 6.07) is 9.51. The summed E-state index contributed by atoms with van der Waals surface area (Å²) >= 11 is 12.3. The van der Waals surface area contributed by atoms with Gasteiger partial charge in [-0.15, -0.1) is 0 Å². The Kier molecular flexibility index (Phi) is 4.92. The van der Waals surface area contributed by atoms with Crippen LogP contribution in [0, 0.1) is 13.8 Å². The van der Waals surface area contributed by atoms with E-state index in [1.54, 1.807) is 0 Å². The van der Waals surface area contributed by atoms with Crippen molar-refractivity contribution >= 4 is 23.2 Å². The number of hydrogen-bond donors (Lipinski definition) is 1. The van der Waals surface area contributed by atoms with Crippen LogP contribution in [-0.4, -0.2) is 0 Å². The van der Waals surface area contributed by atoms with Crippen molar-refractivity contribution in [2.75, 3.05) is 0 Å². The molecule has 0 aromatic heterocycles. The van der Waals surface area contributed by atoms with Crippen LogP contribution >= 0.6 is 23.2 Å². The fraction of sp³-hybridized carbons (Fsp3) is 0.250. The largest absolute Gasteiger partial charge is 0.488 e. The maximum atomic E-state index is 6.14. The van der Waals surface area contributed by atoms with Gasteiger partial charge in [0, 0.05) is 22.2 Å². The minimum Gasteiger partial charge on any atom is -0.488 e. The van der Waals surface area contributed by atoms with E-state index in [4.69, 9.17) is 33.7 Å². The lowest BCUT2D eigenvalue weighted by Crippen LogP contribution is -2.03. The van der Waals surface area contributed by atoms with Crippen LogP contribution in [0.5, 0.6) is 5.75 Å². The highest BCUT2D eigenvalue weighted by molar-refractivity contribution is 6.35. The lowest BCUT2D eigenvalue weighted by molar-refractivity contribution is 0.302. The van der Waals surface area contributed by atoms with Crippen molar-refractivity contribution in [1.82, 2.24) is 0 Å². The van der Waals surface area contributed by atoms with Gasteiger partial charge in [0.25, 0.3) is 0 Å². The molecule has 0 aliphatic carbocycles. The third-order valence-corrected chi connectivity index (χ3v) is 3.89. The summed E-state index contributed by atoms with van der Waals surface area (Å²) in [4.78, 5) is 0. The number of nitrogens with two attached hydrogens (primary N) is 1. The van der Waals surface area contributed by atoms with Crippen LogP contribution in [0.15, 0.2) is 30.3 Å². The van der Waals surface area contributed by atoms with Crippen LogP contribution in [-0.2, 0) is 13.2 Å². The van der Waals surface area contributed by atoms with Crippen molar-refractivity contribution in [3.8, 4) is 5.75 Å². The van der Waals surface area contributed by atoms with Crippen LogP contribution in [0.1, 0.15) is 22.3 Å². The van der Waals surface area contributed by atoms with Gasteiger partial charge >= 0.3 is 0 Å². The molecule has 2 N–H and O–H groups in total. The molecule has 0 saturated heterocycles. The predicted molar refractivity (Wildman–Crippen MR) is 84.6 cm³/mol. The highest BCUT2D eigenvalue weighted by Gasteiger charge is 2.10. The Morgan fingerprint density at radius 2 is 1.60 bits per heavy atom. The SMILES string of the molecule is Cc1cc(CN)cc(C)c1OCc1c(Cl)cccc1Cl. The van der Waals surface area contributed by atoms with Gasteiger partial charge in [-0.1, -0.05) is 41.4 Å². The molecule has 2 aromatic rings. The topological polar surface area (TPSA) is 35.2 Å². The molecule has 0 bridgehead atoms. The highest BCUT2D eigenvalue weighted by Crippen LogP contribution is 2.29. The lowest BCUT2D eigenvalue weighted by Gasteiger charge is -2.15. The second kappa shape index (κ2) is 6.49. The number of aryl methyl sites for hydroxylation is 2. The molecule has 2 rings (SSSR count). The molecule has 106 valence electrons. The van der Waals surface area contributed by atoms with Gasteiger partial charge in [0.1, 0.15) is 12.4 Å². The first-order valence-corrected chi connectivity index (χ1v) is 7.14. The van der Waals surface area contributed by atoms with Gasteiger partial charge in [0.15, 0.2) is 0 Å². The third-order valence-electron chi connectivity index (χ3n) is 3.18. The minimum atomic E-state index is 0.349. The van der Waals surface area contributed by atoms with E-state index in [9.17, 15) is 0 Å². The lowest BCUT2D eigenvalue weighted by atomic mass is 10.1. The molecule has 0 spiro atoms. The smallest absolute Gasteiger partial charge is 0.125 e. The Bertz CT molecular complexity index is 583. The molecule has 0 saturated carbocycles. The summed E-state index contributed by atoms with van der Waals surface area (Å²) in [6.45, 7) is 4.89. The predicted octanol–water partition coefficient (Wildman–Crippen LogP) is 4.65. The second-order valence-electron chi connectivity index (χ2n) is 4.75. The van der Waals surface area contributed by atoms with Crippen LogP contribution in [0.25, 0.3) is 0 Å². The molecule has 2 nitrogen and oxygen atoms in total. The first-order valence-electron chi connectivity index (χ1n) is 6.38. The van der Waals surface area contributed by atoms with Crippen molar-refractivity contribution in [3.63, 3.8) is 0 Å². The summed E-state index contributed by atoms with van der Waals surface area (Å²) in [7, 11) is 0. The van der Waals surface area contributed by atoms with Crippen molar-refractivity contribution in [2.45, 2.75) is 27.0 Å². The standard InChI is InChI=1S/C16H17Cl2NO/c1-10-6-12(8-19)7-11(2)16(10)20-9-13-14(17)4-3-5-15(13)18/h3-7H,8-9,19H2,1-2H3. The normalized spacial score (nSPS) is 10.7. The second-order valence-corrected chi connectivity index (χ2v) is 5.57. The molecule has 0 unspecified atom stereocenters. The molecule has 2 aromatic carbocycles. The number of ether oxygens (including phenoxy) is 1. The fourth-order valence-corrected chi connectivity index (χ4v) is 2.71. The summed E-state index contributed by atoms with van der Waals surface area (Å²) in [6.07, 6.45) is 0. The highest BCUT2D eigenvalue weighted by atomic mass is 35.5. The zero-order valence-electron chi connectivity index (χ0n) is 11.5. The first-order chi connectivity index (χ1) is 9.52. The van der Waals surface area contributed by atoms with Gasteiger partial charge < -0.3 is 10.5 Å². The zero-order chi connectivity index (χ0) is 14.7.